The van der Waals surface area contributed by atoms with Crippen LogP contribution in [0.2, 0.25) is 5.02 Å². The number of amides is 2. The van der Waals surface area contributed by atoms with Gasteiger partial charge in [-0.3, -0.25) is 13.9 Å². The SMILES string of the molecule is CCOc1ccc(N(CC(=O)N(Cc2ccccc2Cl)[C@H](Cc2ccccc2)C(=O)NC(C)C)S(=O)(=O)c2ccc(SC)cc2)cc1. The molecule has 4 aromatic rings. The van der Waals surface area contributed by atoms with Gasteiger partial charge >= 0.3 is 0 Å². The van der Waals surface area contributed by atoms with Crippen molar-refractivity contribution >= 4 is 50.9 Å². The van der Waals surface area contributed by atoms with E-state index in [0.29, 0.717) is 22.9 Å². The molecule has 0 bridgehead atoms. The van der Waals surface area contributed by atoms with Crippen molar-refractivity contribution in [2.24, 2.45) is 0 Å². The van der Waals surface area contributed by atoms with E-state index in [0.717, 1.165) is 14.8 Å². The molecular formula is C36H40ClN3O5S2. The van der Waals surface area contributed by atoms with Gasteiger partial charge in [0.1, 0.15) is 18.3 Å². The van der Waals surface area contributed by atoms with Gasteiger partial charge in [0, 0.05) is 28.9 Å². The number of sulfonamides is 1. The highest BCUT2D eigenvalue weighted by Gasteiger charge is 2.35. The third-order valence-corrected chi connectivity index (χ3v) is 10.3. The maximum atomic E-state index is 14.6. The molecular weight excluding hydrogens is 654 g/mol. The van der Waals surface area contributed by atoms with Crippen molar-refractivity contribution in [1.29, 1.82) is 0 Å². The molecule has 0 fully saturated rings. The van der Waals surface area contributed by atoms with Crippen LogP contribution in [0, 0.1) is 0 Å². The predicted molar refractivity (Wildman–Crippen MR) is 190 cm³/mol. The van der Waals surface area contributed by atoms with Crippen LogP contribution in [0.1, 0.15) is 31.9 Å². The van der Waals surface area contributed by atoms with Gasteiger partial charge in [-0.1, -0.05) is 60.1 Å². The average Bonchev–Trinajstić information content (AvgIpc) is 3.06. The fourth-order valence-corrected chi connectivity index (χ4v) is 7.04. The molecule has 0 aliphatic rings. The standard InChI is InChI=1S/C36H40ClN3O5S2/c1-5-45-30-17-15-29(16-18-30)40(47(43,44)32-21-19-31(46-4)20-22-32)25-35(41)39(24-28-13-9-10-14-33(28)37)34(36(42)38-26(2)3)23-27-11-7-6-8-12-27/h6-22,26,34H,5,23-25H2,1-4H3,(H,38,42)/t34-/m1/s1. The number of hydrogen-bond acceptors (Lipinski definition) is 6. The number of anilines is 1. The smallest absolute Gasteiger partial charge is 0.264 e. The molecule has 0 aliphatic carbocycles. The second-order valence-electron chi connectivity index (χ2n) is 11.1. The van der Waals surface area contributed by atoms with Crippen LogP contribution in [0.15, 0.2) is 113 Å². The Hall–Kier alpha value is -3.99. The third-order valence-electron chi connectivity index (χ3n) is 7.36. The Morgan fingerprint density at radius 2 is 1.53 bits per heavy atom. The summed E-state index contributed by atoms with van der Waals surface area (Å²) in [5.41, 5.74) is 1.75. The summed E-state index contributed by atoms with van der Waals surface area (Å²) in [5, 5.41) is 3.38. The summed E-state index contributed by atoms with van der Waals surface area (Å²) in [6.45, 7) is 5.42. The Morgan fingerprint density at radius 3 is 2.13 bits per heavy atom. The highest BCUT2D eigenvalue weighted by molar-refractivity contribution is 7.98. The van der Waals surface area contributed by atoms with Crippen LogP contribution in [-0.2, 0) is 32.6 Å². The minimum Gasteiger partial charge on any atom is -0.494 e. The predicted octanol–water partition coefficient (Wildman–Crippen LogP) is 6.82. The van der Waals surface area contributed by atoms with Gasteiger partial charge in [0.15, 0.2) is 0 Å². The zero-order chi connectivity index (χ0) is 34.0. The van der Waals surface area contributed by atoms with E-state index in [2.05, 4.69) is 5.32 Å². The highest BCUT2D eigenvalue weighted by Crippen LogP contribution is 2.28. The van der Waals surface area contributed by atoms with Gasteiger partial charge in [-0.25, -0.2) is 8.42 Å². The number of halogens is 1. The number of nitrogens with one attached hydrogen (secondary N) is 1. The Morgan fingerprint density at radius 1 is 0.894 bits per heavy atom. The average molecular weight is 694 g/mol. The lowest BCUT2D eigenvalue weighted by molar-refractivity contribution is -0.140. The molecule has 0 spiro atoms. The molecule has 8 nitrogen and oxygen atoms in total. The van der Waals surface area contributed by atoms with Crippen molar-refractivity contribution in [3.63, 3.8) is 0 Å². The fourth-order valence-electron chi connectivity index (χ4n) is 5.02. The van der Waals surface area contributed by atoms with Crippen LogP contribution >= 0.6 is 23.4 Å². The lowest BCUT2D eigenvalue weighted by Crippen LogP contribution is -2.54. The number of rotatable bonds is 15. The largest absolute Gasteiger partial charge is 0.494 e. The molecule has 4 rings (SSSR count). The van der Waals surface area contributed by atoms with Crippen LogP contribution in [0.25, 0.3) is 0 Å². The van der Waals surface area contributed by atoms with E-state index in [-0.39, 0.29) is 35.5 Å². The molecule has 47 heavy (non-hydrogen) atoms. The summed E-state index contributed by atoms with van der Waals surface area (Å²) in [6, 6.07) is 28.4. The van der Waals surface area contributed by atoms with E-state index in [4.69, 9.17) is 16.3 Å². The summed E-state index contributed by atoms with van der Waals surface area (Å²) in [4.78, 5) is 30.8. The second-order valence-corrected chi connectivity index (χ2v) is 14.2. The van der Waals surface area contributed by atoms with Gasteiger partial charge in [-0.2, -0.15) is 0 Å². The van der Waals surface area contributed by atoms with E-state index in [1.165, 1.54) is 28.8 Å². The molecule has 2 amide bonds. The Bertz CT molecular complexity index is 1730. The van der Waals surface area contributed by atoms with Gasteiger partial charge in [0.2, 0.25) is 11.8 Å². The molecule has 11 heteroatoms. The quantitative estimate of drug-likeness (QED) is 0.137. The van der Waals surface area contributed by atoms with Crippen LogP contribution in [0.5, 0.6) is 5.75 Å². The lowest BCUT2D eigenvalue weighted by atomic mass is 10.0. The van der Waals surface area contributed by atoms with E-state index in [9.17, 15) is 18.0 Å². The first-order chi connectivity index (χ1) is 22.5. The Labute approximate surface area is 287 Å². The summed E-state index contributed by atoms with van der Waals surface area (Å²) in [5.74, 6) is -0.354. The van der Waals surface area contributed by atoms with Gasteiger partial charge in [0.25, 0.3) is 10.0 Å². The zero-order valence-corrected chi connectivity index (χ0v) is 29.3. The number of benzene rings is 4. The van der Waals surface area contributed by atoms with E-state index >= 15 is 0 Å². The van der Waals surface area contributed by atoms with Gasteiger partial charge in [-0.15, -0.1) is 11.8 Å². The van der Waals surface area contributed by atoms with Crippen LogP contribution < -0.4 is 14.4 Å². The van der Waals surface area contributed by atoms with Crippen molar-refractivity contribution in [2.45, 2.75) is 55.6 Å². The molecule has 1 atom stereocenters. The highest BCUT2D eigenvalue weighted by atomic mass is 35.5. The van der Waals surface area contributed by atoms with Crippen molar-refractivity contribution in [3.05, 3.63) is 119 Å². The first-order valence-corrected chi connectivity index (χ1v) is 18.3. The molecule has 4 aromatic carbocycles. The topological polar surface area (TPSA) is 96.0 Å². The summed E-state index contributed by atoms with van der Waals surface area (Å²) in [6.07, 6.45) is 2.12. The maximum Gasteiger partial charge on any atom is 0.264 e. The van der Waals surface area contributed by atoms with E-state index in [1.54, 1.807) is 60.7 Å². The van der Waals surface area contributed by atoms with E-state index in [1.807, 2.05) is 57.4 Å². The lowest BCUT2D eigenvalue weighted by Gasteiger charge is -2.34. The van der Waals surface area contributed by atoms with Crippen molar-refractivity contribution in [1.82, 2.24) is 10.2 Å². The molecule has 0 aromatic heterocycles. The monoisotopic (exact) mass is 693 g/mol. The minimum atomic E-state index is -4.23. The zero-order valence-electron chi connectivity index (χ0n) is 26.9. The van der Waals surface area contributed by atoms with Crippen LogP contribution in [0.4, 0.5) is 5.69 Å². The molecule has 0 unspecified atom stereocenters. The summed E-state index contributed by atoms with van der Waals surface area (Å²) >= 11 is 8.06. The number of hydrogen-bond donors (Lipinski definition) is 1. The first-order valence-electron chi connectivity index (χ1n) is 15.3. The molecule has 0 radical (unpaired) electrons. The Balaban J connectivity index is 1.81. The van der Waals surface area contributed by atoms with E-state index < -0.39 is 28.5 Å². The number of carbonyl (C=O) groups excluding carboxylic acids is 2. The molecule has 248 valence electrons. The number of carbonyl (C=O) groups is 2. The normalized spacial score (nSPS) is 12.0. The van der Waals surface area contributed by atoms with Crippen molar-refractivity contribution < 1.29 is 22.7 Å². The summed E-state index contributed by atoms with van der Waals surface area (Å²) in [7, 11) is -4.23. The van der Waals surface area contributed by atoms with Crippen LogP contribution in [0.3, 0.4) is 0 Å². The van der Waals surface area contributed by atoms with Crippen molar-refractivity contribution in [3.8, 4) is 5.75 Å². The van der Waals surface area contributed by atoms with Gasteiger partial charge < -0.3 is 15.0 Å². The second kappa shape index (κ2) is 16.7. The minimum absolute atomic E-state index is 0.0128. The molecule has 0 heterocycles. The van der Waals surface area contributed by atoms with Gasteiger partial charge in [-0.05, 0) is 92.8 Å². The van der Waals surface area contributed by atoms with Crippen molar-refractivity contribution in [2.75, 3.05) is 23.7 Å². The number of ether oxygens (including phenoxy) is 1. The number of nitrogens with zero attached hydrogens (tertiary/aromatic N) is 2. The molecule has 1 N–H and O–H groups in total. The Kier molecular flexibility index (Phi) is 12.8. The molecule has 0 saturated carbocycles. The maximum absolute atomic E-state index is 14.6. The fraction of sp³-hybridized carbons (Fsp3) is 0.278. The van der Waals surface area contributed by atoms with Crippen LogP contribution in [-0.4, -0.2) is 56.6 Å². The van der Waals surface area contributed by atoms with Gasteiger partial charge in [0.05, 0.1) is 17.2 Å². The third kappa shape index (κ3) is 9.53. The first kappa shape index (κ1) is 35.9. The summed E-state index contributed by atoms with van der Waals surface area (Å²) < 4.78 is 35.2. The molecule has 0 saturated heterocycles. The number of thioether (sulfide) groups is 1. The molecule has 0 aliphatic heterocycles.